The first-order valence-electron chi connectivity index (χ1n) is 19.9. The highest BCUT2D eigenvalue weighted by Crippen LogP contribution is 2.92. The molecule has 0 aromatic carbocycles. The van der Waals surface area contributed by atoms with E-state index in [2.05, 4.69) is 0 Å². The first-order valence-corrected chi connectivity index (χ1v) is 19.9. The van der Waals surface area contributed by atoms with Crippen LogP contribution in [0.25, 0.3) is 0 Å². The summed E-state index contributed by atoms with van der Waals surface area (Å²) in [6, 6.07) is 1.36. The Morgan fingerprint density at radius 3 is 2.08 bits per heavy atom. The van der Waals surface area contributed by atoms with Crippen molar-refractivity contribution in [3.63, 3.8) is 0 Å². The number of carbonyl (C=O) groups excluding carboxylic acids is 8. The molecular weight excluding hydrogens is 812 g/mol. The number of hydrogen-bond donors (Lipinski definition) is 1. The van der Waals surface area contributed by atoms with Crippen LogP contribution < -0.4 is 0 Å². The number of furan rings is 1. The summed E-state index contributed by atoms with van der Waals surface area (Å²) >= 11 is 0. The van der Waals surface area contributed by atoms with Gasteiger partial charge < -0.3 is 56.9 Å². The molecule has 20 heteroatoms. The summed E-state index contributed by atoms with van der Waals surface area (Å²) in [6.07, 6.45) is -9.30. The number of methoxy groups -OCH3 is 1. The molecule has 16 atom stereocenters. The Hall–Kier alpha value is -4.92. The smallest absolute Gasteiger partial charge is 0.328 e. The van der Waals surface area contributed by atoms with Gasteiger partial charge in [-0.2, -0.15) is 0 Å². The second-order valence-electron chi connectivity index (χ2n) is 18.3. The van der Waals surface area contributed by atoms with Crippen LogP contribution in [-0.2, 0) is 91.1 Å². The average Bonchev–Trinajstić information content (AvgIpc) is 3.82. The quantitative estimate of drug-likeness (QED) is 0.206. The van der Waals surface area contributed by atoms with Crippen LogP contribution in [0.3, 0.4) is 0 Å². The van der Waals surface area contributed by atoms with Gasteiger partial charge in [0.2, 0.25) is 5.60 Å². The largest absolute Gasteiger partial charge is 0.469 e. The van der Waals surface area contributed by atoms with Gasteiger partial charge in [-0.3, -0.25) is 38.4 Å². The zero-order valence-electron chi connectivity index (χ0n) is 35.0. The Balaban J connectivity index is 1.55. The summed E-state index contributed by atoms with van der Waals surface area (Å²) in [5.41, 5.74) is -18.8. The third kappa shape index (κ3) is 4.04. The van der Waals surface area contributed by atoms with Gasteiger partial charge in [0, 0.05) is 64.9 Å². The molecule has 3 saturated heterocycles. The van der Waals surface area contributed by atoms with Gasteiger partial charge >= 0.3 is 41.8 Å². The number of ketones is 1. The van der Waals surface area contributed by atoms with Gasteiger partial charge in [-0.05, 0) is 25.3 Å². The van der Waals surface area contributed by atoms with Crippen LogP contribution in [0.4, 0.5) is 0 Å². The number of hydrogen-bond acceptors (Lipinski definition) is 20. The zero-order chi connectivity index (χ0) is 44.6. The number of ether oxygens (including phenoxy) is 10. The fraction of sp³-hybridized carbons (Fsp3) is 0.707. The summed E-state index contributed by atoms with van der Waals surface area (Å²) in [7, 11) is 1.13. The molecule has 1 N–H and O–H groups in total. The molecule has 4 bridgehead atoms. The summed E-state index contributed by atoms with van der Waals surface area (Å²) in [5.74, 6) is -13.7. The van der Waals surface area contributed by atoms with E-state index in [1.165, 1.54) is 19.9 Å². The van der Waals surface area contributed by atoms with Gasteiger partial charge in [0.15, 0.2) is 29.0 Å². The molecule has 0 radical (unpaired) electrons. The van der Waals surface area contributed by atoms with Crippen LogP contribution in [0.2, 0.25) is 0 Å². The van der Waals surface area contributed by atoms with E-state index < -0.39 is 153 Å². The molecule has 20 nitrogen and oxygen atoms in total. The topological polar surface area (TPSA) is 262 Å². The fourth-order valence-electron chi connectivity index (χ4n) is 14.8. The number of aliphatic hydroxyl groups is 1. The van der Waals surface area contributed by atoms with Gasteiger partial charge in [0.25, 0.3) is 5.97 Å². The Kier molecular flexibility index (Phi) is 8.12. The monoisotopic (exact) mass is 858 g/mol. The lowest BCUT2D eigenvalue weighted by Gasteiger charge is -2.80. The Bertz CT molecular complexity index is 2270. The van der Waals surface area contributed by atoms with E-state index in [9.17, 15) is 38.7 Å². The van der Waals surface area contributed by atoms with E-state index in [1.807, 2.05) is 0 Å². The number of rotatable bonds is 9. The highest BCUT2D eigenvalue weighted by Gasteiger charge is 3.10. The molecule has 0 amide bonds. The molecule has 3 spiro atoms. The van der Waals surface area contributed by atoms with Crippen LogP contribution in [0.15, 0.2) is 16.7 Å². The third-order valence-corrected chi connectivity index (χ3v) is 15.5. The third-order valence-electron chi connectivity index (χ3n) is 15.5. The van der Waals surface area contributed by atoms with E-state index in [0.29, 0.717) is 0 Å². The number of Topliss-reactive ketones (excluding diaryl/α,β-unsaturated/α-hetero) is 1. The van der Waals surface area contributed by atoms with Crippen LogP contribution in [0.1, 0.15) is 92.6 Å². The first kappa shape index (κ1) is 41.4. The molecular formula is C41H46O20. The Labute approximate surface area is 347 Å². The van der Waals surface area contributed by atoms with Crippen molar-refractivity contribution < 1.29 is 95.2 Å². The van der Waals surface area contributed by atoms with Gasteiger partial charge in [-0.15, -0.1) is 0 Å². The molecule has 61 heavy (non-hydrogen) atoms. The van der Waals surface area contributed by atoms with Gasteiger partial charge in [0.05, 0.1) is 24.2 Å². The molecule has 8 aliphatic rings. The maximum absolute atomic E-state index is 15.6. The molecule has 7 fully saturated rings. The van der Waals surface area contributed by atoms with Crippen molar-refractivity contribution >= 4 is 47.6 Å². The molecule has 3 aliphatic heterocycles. The minimum atomic E-state index is -2.65. The second-order valence-corrected chi connectivity index (χ2v) is 18.3. The van der Waals surface area contributed by atoms with Crippen LogP contribution >= 0.6 is 0 Å². The Morgan fingerprint density at radius 2 is 1.51 bits per heavy atom. The zero-order valence-corrected chi connectivity index (χ0v) is 35.0. The summed E-state index contributed by atoms with van der Waals surface area (Å²) in [5, 5.41) is 13.8. The molecule has 330 valence electrons. The maximum Gasteiger partial charge on any atom is 0.328 e. The highest BCUT2D eigenvalue weighted by molar-refractivity contribution is 6.10. The minimum absolute atomic E-state index is 0.0199. The van der Waals surface area contributed by atoms with Crippen molar-refractivity contribution in [3.8, 4) is 0 Å². The lowest BCUT2D eigenvalue weighted by molar-refractivity contribution is -0.499. The molecule has 1 aromatic heterocycles. The Morgan fingerprint density at radius 1 is 0.852 bits per heavy atom. The van der Waals surface area contributed by atoms with Crippen molar-refractivity contribution in [2.24, 2.45) is 28.1 Å². The van der Waals surface area contributed by atoms with Crippen molar-refractivity contribution in [1.29, 1.82) is 0 Å². The van der Waals surface area contributed by atoms with Gasteiger partial charge in [0.1, 0.15) is 41.9 Å². The van der Waals surface area contributed by atoms with E-state index in [0.717, 1.165) is 54.9 Å². The fourth-order valence-corrected chi connectivity index (χ4v) is 14.8. The van der Waals surface area contributed by atoms with Crippen molar-refractivity contribution in [2.75, 3.05) is 13.7 Å². The van der Waals surface area contributed by atoms with Crippen LogP contribution in [0, 0.1) is 28.1 Å². The lowest BCUT2D eigenvalue weighted by atomic mass is 9.28. The van der Waals surface area contributed by atoms with Crippen LogP contribution in [0.5, 0.6) is 0 Å². The summed E-state index contributed by atoms with van der Waals surface area (Å²) in [6.45, 7) is 9.99. The summed E-state index contributed by atoms with van der Waals surface area (Å²) in [4.78, 5) is 112. The van der Waals surface area contributed by atoms with E-state index in [4.69, 9.17) is 51.8 Å². The maximum atomic E-state index is 15.6. The van der Waals surface area contributed by atoms with Crippen molar-refractivity contribution in [2.45, 2.75) is 139 Å². The van der Waals surface area contributed by atoms with Gasteiger partial charge in [-0.25, -0.2) is 0 Å². The number of aliphatic hydroxyl groups excluding tert-OH is 1. The molecule has 4 saturated carbocycles. The summed E-state index contributed by atoms with van der Waals surface area (Å²) < 4.78 is 70.2. The van der Waals surface area contributed by atoms with Gasteiger partial charge in [-0.1, -0.05) is 13.8 Å². The highest BCUT2D eigenvalue weighted by atomic mass is 16.9. The number of fused-ring (bicyclic) bond motifs is 5. The number of carbonyl (C=O) groups is 8. The molecule has 9 rings (SSSR count). The average molecular weight is 859 g/mol. The lowest BCUT2D eigenvalue weighted by Crippen LogP contribution is -3.01. The second kappa shape index (κ2) is 12.0. The molecule has 2 unspecified atom stereocenters. The SMILES string of the molecule is COC(=O)C[C@H]1[C@@]2(C)C[C@]34OC5(C)O[C@@]6([C@H](O)[C@H](OC(C)=O)[C@]7(C)[C@H]8[C@](C(C)=O)(C(=O)OC([C@@]3(OC(C)=O)[C@H]2OC(C)=O)[C@]86O5)c2occc2[C@@H]7OC(C)=O)[C@]14COC(C)=O. The molecule has 4 heterocycles. The minimum Gasteiger partial charge on any atom is -0.469 e. The van der Waals surface area contributed by atoms with Crippen molar-refractivity contribution in [3.05, 3.63) is 23.7 Å². The van der Waals surface area contributed by atoms with E-state index in [1.54, 1.807) is 6.92 Å². The van der Waals surface area contributed by atoms with Crippen LogP contribution in [-0.4, -0.2) is 119 Å². The molecule has 1 aromatic rings. The van der Waals surface area contributed by atoms with Crippen molar-refractivity contribution in [1.82, 2.24) is 0 Å². The standard InChI is InChI=1S/C41H46O20/c1-16(42)38-27-22(11-12-52-27)26(54-18(3)44)34(8)28(55-19(4)45)25(49)41-36(15-53-17(2)43)23(13-24(48)51-10)33(7)14-37(36)40(58-21(6)47,30(33)56-20(5)46)31(57-32(38)50)39(41,29(34)38)60-35(9,59-37)61-41/h11-12,23,25-26,28-31,49H,13-15H2,1-10H3/t23-,25+,26-,28-,29-,30-,31?,33+,34+,35?,36+,37+,38+,39+,40-,41-/m0/s1. The normalized spacial score (nSPS) is 48.2. The van der Waals surface area contributed by atoms with E-state index in [-0.39, 0.29) is 17.7 Å². The first-order chi connectivity index (χ1) is 28.4. The van der Waals surface area contributed by atoms with E-state index >= 15 is 4.79 Å². The predicted octanol–water partition coefficient (Wildman–Crippen LogP) is 0.945. The molecule has 5 aliphatic carbocycles. The number of esters is 7. The predicted molar refractivity (Wildman–Crippen MR) is 190 cm³/mol.